The molecule has 1 aliphatic carbocycles. The Hall–Kier alpha value is -3.73. The van der Waals surface area contributed by atoms with Crippen LogP contribution in [0.4, 0.5) is 19.7 Å². The third-order valence-electron chi connectivity index (χ3n) is 5.69. The van der Waals surface area contributed by atoms with Crippen molar-refractivity contribution in [3.63, 3.8) is 0 Å². The maximum atomic E-state index is 13.3. The van der Waals surface area contributed by atoms with E-state index in [1.807, 2.05) is 6.07 Å². The number of urea groups is 2. The molecule has 8 heteroatoms. The SMILES string of the molecule is N#Cc1ccccc1NC(=O)/N=C1\C2CCCCC2NC(=O)N1Cc1ccc(F)cc1. The molecule has 0 aromatic heterocycles. The average Bonchev–Trinajstić information content (AvgIpc) is 2.77. The monoisotopic (exact) mass is 419 g/mol. The lowest BCUT2D eigenvalue weighted by Gasteiger charge is -2.42. The molecule has 1 saturated carbocycles. The minimum Gasteiger partial charge on any atom is -0.334 e. The van der Waals surface area contributed by atoms with E-state index in [4.69, 9.17) is 0 Å². The van der Waals surface area contributed by atoms with E-state index < -0.39 is 6.03 Å². The summed E-state index contributed by atoms with van der Waals surface area (Å²) < 4.78 is 13.3. The highest BCUT2D eigenvalue weighted by Crippen LogP contribution is 2.31. The topological polar surface area (TPSA) is 97.6 Å². The van der Waals surface area contributed by atoms with Crippen molar-refractivity contribution in [1.29, 1.82) is 5.26 Å². The summed E-state index contributed by atoms with van der Waals surface area (Å²) in [6.45, 7) is 0.177. The average molecular weight is 419 g/mol. The molecule has 2 fully saturated rings. The zero-order chi connectivity index (χ0) is 21.8. The number of carbonyl (C=O) groups is 2. The van der Waals surface area contributed by atoms with Gasteiger partial charge in [-0.25, -0.2) is 14.0 Å². The third kappa shape index (κ3) is 4.56. The van der Waals surface area contributed by atoms with Crippen molar-refractivity contribution in [3.8, 4) is 6.07 Å². The molecule has 4 rings (SSSR count). The Morgan fingerprint density at radius 3 is 2.71 bits per heavy atom. The van der Waals surface area contributed by atoms with Gasteiger partial charge in [-0.15, -0.1) is 0 Å². The van der Waals surface area contributed by atoms with Gasteiger partial charge in [0.15, 0.2) is 0 Å². The van der Waals surface area contributed by atoms with Crippen LogP contribution < -0.4 is 10.6 Å². The van der Waals surface area contributed by atoms with Gasteiger partial charge in [-0.1, -0.05) is 37.1 Å². The van der Waals surface area contributed by atoms with Crippen molar-refractivity contribution < 1.29 is 14.0 Å². The fourth-order valence-corrected chi connectivity index (χ4v) is 4.16. The lowest BCUT2D eigenvalue weighted by molar-refractivity contribution is 0.187. The largest absolute Gasteiger partial charge is 0.347 e. The first kappa shape index (κ1) is 20.5. The van der Waals surface area contributed by atoms with E-state index >= 15 is 0 Å². The van der Waals surface area contributed by atoms with Crippen LogP contribution in [0.5, 0.6) is 0 Å². The Morgan fingerprint density at radius 2 is 1.94 bits per heavy atom. The lowest BCUT2D eigenvalue weighted by atomic mass is 9.82. The van der Waals surface area contributed by atoms with E-state index in [1.54, 1.807) is 36.4 Å². The summed E-state index contributed by atoms with van der Waals surface area (Å²) in [5, 5.41) is 14.9. The number of halogens is 1. The molecule has 2 aliphatic rings. The van der Waals surface area contributed by atoms with Crippen molar-refractivity contribution in [3.05, 3.63) is 65.5 Å². The smallest absolute Gasteiger partial charge is 0.334 e. The molecule has 4 amide bonds. The summed E-state index contributed by atoms with van der Waals surface area (Å²) in [5.41, 5.74) is 1.43. The van der Waals surface area contributed by atoms with E-state index in [-0.39, 0.29) is 30.4 Å². The van der Waals surface area contributed by atoms with Gasteiger partial charge in [0.1, 0.15) is 17.7 Å². The number of rotatable bonds is 3. The number of nitrogens with one attached hydrogen (secondary N) is 2. The number of benzene rings is 2. The number of nitrogens with zero attached hydrogens (tertiary/aromatic N) is 3. The molecule has 2 unspecified atom stereocenters. The van der Waals surface area contributed by atoms with Crippen LogP contribution in [0.3, 0.4) is 0 Å². The molecule has 1 heterocycles. The number of fused-ring (bicyclic) bond motifs is 1. The predicted molar refractivity (Wildman–Crippen MR) is 114 cm³/mol. The molecule has 2 N–H and O–H groups in total. The van der Waals surface area contributed by atoms with Crippen LogP contribution in [0.2, 0.25) is 0 Å². The van der Waals surface area contributed by atoms with Crippen LogP contribution in [0.25, 0.3) is 0 Å². The number of hydrogen-bond donors (Lipinski definition) is 2. The molecular weight excluding hydrogens is 397 g/mol. The van der Waals surface area contributed by atoms with Gasteiger partial charge in [0.2, 0.25) is 0 Å². The molecule has 0 bridgehead atoms. The minimum absolute atomic E-state index is 0.0661. The first-order valence-electron chi connectivity index (χ1n) is 10.3. The Morgan fingerprint density at radius 1 is 1.19 bits per heavy atom. The zero-order valence-corrected chi connectivity index (χ0v) is 16.8. The summed E-state index contributed by atoms with van der Waals surface area (Å²) in [6, 6.07) is 13.6. The second-order valence-electron chi connectivity index (χ2n) is 7.72. The summed E-state index contributed by atoms with van der Waals surface area (Å²) >= 11 is 0. The van der Waals surface area contributed by atoms with Gasteiger partial charge in [-0.3, -0.25) is 4.90 Å². The van der Waals surface area contributed by atoms with Crippen molar-refractivity contribution in [2.24, 2.45) is 10.9 Å². The maximum absolute atomic E-state index is 13.3. The van der Waals surface area contributed by atoms with Crippen molar-refractivity contribution >= 4 is 23.6 Å². The Bertz CT molecular complexity index is 1060. The summed E-state index contributed by atoms with van der Waals surface area (Å²) in [4.78, 5) is 31.4. The van der Waals surface area contributed by atoms with E-state index in [0.717, 1.165) is 31.2 Å². The van der Waals surface area contributed by atoms with Gasteiger partial charge in [0.25, 0.3) is 0 Å². The quantitative estimate of drug-likeness (QED) is 0.771. The van der Waals surface area contributed by atoms with Crippen LogP contribution in [-0.2, 0) is 6.54 Å². The molecule has 0 spiro atoms. The number of aliphatic imine (C=N–C) groups is 1. The van der Waals surface area contributed by atoms with Gasteiger partial charge in [0.05, 0.1) is 17.8 Å². The first-order chi connectivity index (χ1) is 15.0. The van der Waals surface area contributed by atoms with E-state index in [1.165, 1.54) is 17.0 Å². The van der Waals surface area contributed by atoms with Crippen LogP contribution in [0.15, 0.2) is 53.5 Å². The molecule has 2 aromatic rings. The summed E-state index contributed by atoms with van der Waals surface area (Å²) in [7, 11) is 0. The summed E-state index contributed by atoms with van der Waals surface area (Å²) in [6.07, 6.45) is 3.64. The molecule has 1 saturated heterocycles. The van der Waals surface area contributed by atoms with Gasteiger partial charge >= 0.3 is 12.1 Å². The van der Waals surface area contributed by atoms with Crippen LogP contribution >= 0.6 is 0 Å². The van der Waals surface area contributed by atoms with E-state index in [2.05, 4.69) is 15.6 Å². The first-order valence-corrected chi connectivity index (χ1v) is 10.3. The van der Waals surface area contributed by atoms with Gasteiger partial charge < -0.3 is 10.6 Å². The highest BCUT2D eigenvalue weighted by molar-refractivity contribution is 6.08. The number of anilines is 1. The van der Waals surface area contributed by atoms with Crippen LogP contribution in [0, 0.1) is 23.1 Å². The number of amidine groups is 1. The second-order valence-corrected chi connectivity index (χ2v) is 7.72. The zero-order valence-electron chi connectivity index (χ0n) is 16.8. The van der Waals surface area contributed by atoms with E-state index in [9.17, 15) is 19.2 Å². The molecule has 2 atom stereocenters. The number of para-hydroxylation sites is 1. The number of nitriles is 1. The van der Waals surface area contributed by atoms with E-state index in [0.29, 0.717) is 17.1 Å². The minimum atomic E-state index is -0.638. The van der Waals surface area contributed by atoms with Crippen LogP contribution in [-0.4, -0.2) is 28.8 Å². The fourth-order valence-electron chi connectivity index (χ4n) is 4.16. The van der Waals surface area contributed by atoms with Crippen molar-refractivity contribution in [2.45, 2.75) is 38.3 Å². The van der Waals surface area contributed by atoms with Gasteiger partial charge in [0, 0.05) is 12.0 Å². The Balaban J connectivity index is 1.64. The highest BCUT2D eigenvalue weighted by Gasteiger charge is 2.40. The Labute approximate surface area is 179 Å². The second kappa shape index (κ2) is 8.96. The summed E-state index contributed by atoms with van der Waals surface area (Å²) in [5.74, 6) is -0.0304. The number of hydrogen-bond acceptors (Lipinski definition) is 3. The molecule has 0 radical (unpaired) electrons. The number of amides is 4. The standard InChI is InChI=1S/C23H22FN5O2/c24-17-11-9-15(10-12-17)14-29-21(18-6-2-4-8-20(18)27-23(29)31)28-22(30)26-19-7-3-1-5-16(19)13-25/h1,3,5,7,9-12,18,20H,2,4,6,8,14H2,(H,26,30)(H,27,31)/b28-21+. The molecule has 7 nitrogen and oxygen atoms in total. The predicted octanol–water partition coefficient (Wildman–Crippen LogP) is 4.41. The lowest BCUT2D eigenvalue weighted by Crippen LogP contribution is -2.60. The number of carbonyl (C=O) groups excluding carboxylic acids is 2. The Kier molecular flexibility index (Phi) is 5.94. The van der Waals surface area contributed by atoms with Gasteiger partial charge in [-0.2, -0.15) is 10.3 Å². The fraction of sp³-hybridized carbons (Fsp3) is 0.304. The molecule has 158 valence electrons. The normalized spacial score (nSPS) is 21.7. The molecular formula is C23H22FN5O2. The maximum Gasteiger partial charge on any atom is 0.347 e. The van der Waals surface area contributed by atoms with Crippen LogP contribution in [0.1, 0.15) is 36.8 Å². The molecule has 31 heavy (non-hydrogen) atoms. The van der Waals surface area contributed by atoms with Crippen molar-refractivity contribution in [1.82, 2.24) is 10.2 Å². The van der Waals surface area contributed by atoms with Gasteiger partial charge in [-0.05, 0) is 42.7 Å². The molecule has 2 aromatic carbocycles. The highest BCUT2D eigenvalue weighted by atomic mass is 19.1. The van der Waals surface area contributed by atoms with Crippen molar-refractivity contribution in [2.75, 3.05) is 5.32 Å². The third-order valence-corrected chi connectivity index (χ3v) is 5.69. The molecule has 1 aliphatic heterocycles.